The molecule has 0 spiro atoms. The fraction of sp³-hybridized carbons (Fsp3) is 0.909. The second-order valence-corrected chi connectivity index (χ2v) is 5.03. The molecule has 1 rings (SSSR count). The highest BCUT2D eigenvalue weighted by Crippen LogP contribution is 2.37. The number of methoxy groups -OCH3 is 1. The van der Waals surface area contributed by atoms with Crippen LogP contribution in [0.2, 0.25) is 0 Å². The van der Waals surface area contributed by atoms with Gasteiger partial charge in [0, 0.05) is 13.5 Å². The molecule has 76 valence electrons. The summed E-state index contributed by atoms with van der Waals surface area (Å²) in [6.45, 7) is 6.71. The molecule has 1 fully saturated rings. The second kappa shape index (κ2) is 3.79. The first-order valence-electron chi connectivity index (χ1n) is 5.00. The van der Waals surface area contributed by atoms with Crippen molar-refractivity contribution >= 4 is 5.78 Å². The van der Waals surface area contributed by atoms with E-state index in [9.17, 15) is 4.79 Å². The zero-order chi connectivity index (χ0) is 10.1. The Balaban J connectivity index is 2.60. The Morgan fingerprint density at radius 1 is 1.38 bits per heavy atom. The van der Waals surface area contributed by atoms with Crippen molar-refractivity contribution < 1.29 is 9.53 Å². The van der Waals surface area contributed by atoms with Gasteiger partial charge >= 0.3 is 0 Å². The Hall–Kier alpha value is -0.370. The summed E-state index contributed by atoms with van der Waals surface area (Å²) in [6.07, 6.45) is 2.49. The average Bonchev–Trinajstić information content (AvgIpc) is 2.03. The summed E-state index contributed by atoms with van der Waals surface area (Å²) in [5.74, 6) is 0.901. The van der Waals surface area contributed by atoms with Crippen LogP contribution in [0.3, 0.4) is 0 Å². The molecule has 1 aliphatic rings. The number of rotatable bonds is 1. The van der Waals surface area contributed by atoms with Gasteiger partial charge in [0.25, 0.3) is 0 Å². The van der Waals surface area contributed by atoms with Gasteiger partial charge in [0.15, 0.2) is 5.78 Å². The third-order valence-electron chi connectivity index (χ3n) is 3.11. The van der Waals surface area contributed by atoms with E-state index in [1.165, 1.54) is 0 Å². The van der Waals surface area contributed by atoms with Crippen LogP contribution >= 0.6 is 0 Å². The first kappa shape index (κ1) is 10.7. The summed E-state index contributed by atoms with van der Waals surface area (Å²) in [5.41, 5.74) is 0.303. The molecule has 2 nitrogen and oxygen atoms in total. The van der Waals surface area contributed by atoms with Crippen LogP contribution in [0.25, 0.3) is 0 Å². The molecule has 2 atom stereocenters. The summed E-state index contributed by atoms with van der Waals surface area (Å²) in [6, 6.07) is 0. The highest BCUT2D eigenvalue weighted by Gasteiger charge is 2.34. The van der Waals surface area contributed by atoms with E-state index in [2.05, 4.69) is 20.8 Å². The number of ether oxygens (including phenoxy) is 1. The minimum Gasteiger partial charge on any atom is -0.374 e. The van der Waals surface area contributed by atoms with Crippen molar-refractivity contribution in [3.8, 4) is 0 Å². The van der Waals surface area contributed by atoms with Gasteiger partial charge in [-0.25, -0.2) is 0 Å². The molecule has 13 heavy (non-hydrogen) atoms. The van der Waals surface area contributed by atoms with Crippen LogP contribution < -0.4 is 0 Å². The Bertz CT molecular complexity index is 191. The molecule has 0 aromatic heterocycles. The fourth-order valence-corrected chi connectivity index (χ4v) is 2.00. The van der Waals surface area contributed by atoms with Crippen molar-refractivity contribution in [1.82, 2.24) is 0 Å². The highest BCUT2D eigenvalue weighted by atomic mass is 16.5. The smallest absolute Gasteiger partial charge is 0.161 e. The number of hydrogen-bond donors (Lipinski definition) is 0. The summed E-state index contributed by atoms with van der Waals surface area (Å²) < 4.78 is 5.18. The predicted octanol–water partition coefficient (Wildman–Crippen LogP) is 2.42. The summed E-state index contributed by atoms with van der Waals surface area (Å²) >= 11 is 0. The molecule has 0 heterocycles. The van der Waals surface area contributed by atoms with Crippen LogP contribution in [0.4, 0.5) is 0 Å². The average molecular weight is 184 g/mol. The van der Waals surface area contributed by atoms with Crippen LogP contribution in [0.1, 0.15) is 40.0 Å². The van der Waals surface area contributed by atoms with Crippen LogP contribution in [0, 0.1) is 11.3 Å². The minimum atomic E-state index is -0.141. The lowest BCUT2D eigenvalue weighted by molar-refractivity contribution is -0.134. The van der Waals surface area contributed by atoms with Gasteiger partial charge in [0.1, 0.15) is 6.10 Å². The normalized spacial score (nSPS) is 30.6. The van der Waals surface area contributed by atoms with Gasteiger partial charge in [-0.05, 0) is 24.2 Å². The maximum atomic E-state index is 11.4. The van der Waals surface area contributed by atoms with Crippen molar-refractivity contribution in [2.24, 2.45) is 11.3 Å². The Morgan fingerprint density at radius 3 is 2.46 bits per heavy atom. The van der Waals surface area contributed by atoms with E-state index in [0.29, 0.717) is 17.8 Å². The van der Waals surface area contributed by atoms with Crippen molar-refractivity contribution in [3.05, 3.63) is 0 Å². The summed E-state index contributed by atoms with van der Waals surface area (Å²) in [4.78, 5) is 11.4. The van der Waals surface area contributed by atoms with Crippen molar-refractivity contribution in [1.29, 1.82) is 0 Å². The van der Waals surface area contributed by atoms with Crippen LogP contribution in [-0.4, -0.2) is 19.0 Å². The third-order valence-corrected chi connectivity index (χ3v) is 3.11. The van der Waals surface area contributed by atoms with Gasteiger partial charge in [0.05, 0.1) is 0 Å². The van der Waals surface area contributed by atoms with Crippen molar-refractivity contribution in [2.75, 3.05) is 7.11 Å². The van der Waals surface area contributed by atoms with E-state index in [1.807, 2.05) is 0 Å². The SMILES string of the molecule is CO[C@@H]1C[C@@H](C(C)(C)C)CCC1=O. The van der Waals surface area contributed by atoms with Gasteiger partial charge in [-0.15, -0.1) is 0 Å². The van der Waals surface area contributed by atoms with Gasteiger partial charge in [-0.2, -0.15) is 0 Å². The van der Waals surface area contributed by atoms with E-state index >= 15 is 0 Å². The molecule has 2 heteroatoms. The number of hydrogen-bond acceptors (Lipinski definition) is 2. The van der Waals surface area contributed by atoms with E-state index in [1.54, 1.807) is 7.11 Å². The van der Waals surface area contributed by atoms with Crippen LogP contribution in [0.15, 0.2) is 0 Å². The molecule has 0 radical (unpaired) electrons. The first-order valence-corrected chi connectivity index (χ1v) is 5.00. The van der Waals surface area contributed by atoms with Gasteiger partial charge in [-0.1, -0.05) is 20.8 Å². The maximum absolute atomic E-state index is 11.4. The molecule has 0 aromatic carbocycles. The molecule has 0 saturated heterocycles. The molecule has 0 amide bonds. The molecule has 0 aromatic rings. The Labute approximate surface area is 80.7 Å². The molecule has 1 aliphatic carbocycles. The van der Waals surface area contributed by atoms with Gasteiger partial charge in [-0.3, -0.25) is 4.79 Å². The number of Topliss-reactive ketones (excluding diaryl/α,β-unsaturated/α-hetero) is 1. The second-order valence-electron chi connectivity index (χ2n) is 5.03. The zero-order valence-electron chi connectivity index (χ0n) is 9.09. The molecule has 0 bridgehead atoms. The lowest BCUT2D eigenvalue weighted by Gasteiger charge is -2.36. The topological polar surface area (TPSA) is 26.3 Å². The number of carbonyl (C=O) groups is 1. The van der Waals surface area contributed by atoms with Gasteiger partial charge in [0.2, 0.25) is 0 Å². The van der Waals surface area contributed by atoms with Crippen molar-refractivity contribution in [2.45, 2.75) is 46.1 Å². The molecule has 0 N–H and O–H groups in total. The predicted molar refractivity (Wildman–Crippen MR) is 52.6 cm³/mol. The lowest BCUT2D eigenvalue weighted by atomic mass is 9.71. The first-order chi connectivity index (χ1) is 5.95. The molecule has 1 saturated carbocycles. The Morgan fingerprint density at radius 2 is 2.00 bits per heavy atom. The molecular weight excluding hydrogens is 164 g/mol. The van der Waals surface area contributed by atoms with E-state index < -0.39 is 0 Å². The van der Waals surface area contributed by atoms with E-state index in [4.69, 9.17) is 4.74 Å². The monoisotopic (exact) mass is 184 g/mol. The van der Waals surface area contributed by atoms with E-state index in [-0.39, 0.29) is 11.9 Å². The highest BCUT2D eigenvalue weighted by molar-refractivity contribution is 5.83. The third kappa shape index (κ3) is 2.53. The fourth-order valence-electron chi connectivity index (χ4n) is 2.00. The largest absolute Gasteiger partial charge is 0.374 e. The van der Waals surface area contributed by atoms with Crippen molar-refractivity contribution in [3.63, 3.8) is 0 Å². The maximum Gasteiger partial charge on any atom is 0.161 e. The Kier molecular flexibility index (Phi) is 3.12. The number of carbonyl (C=O) groups excluding carboxylic acids is 1. The molecular formula is C11H20O2. The summed E-state index contributed by atoms with van der Waals surface area (Å²) in [5, 5.41) is 0. The van der Waals surface area contributed by atoms with E-state index in [0.717, 1.165) is 12.8 Å². The lowest BCUT2D eigenvalue weighted by Crippen LogP contribution is -2.36. The van der Waals surface area contributed by atoms with Gasteiger partial charge < -0.3 is 4.74 Å². The van der Waals surface area contributed by atoms with Crippen LogP contribution in [0.5, 0.6) is 0 Å². The minimum absolute atomic E-state index is 0.141. The zero-order valence-corrected chi connectivity index (χ0v) is 9.09. The quantitative estimate of drug-likeness (QED) is 0.625. The number of ketones is 1. The van der Waals surface area contributed by atoms with Crippen LogP contribution in [-0.2, 0) is 9.53 Å². The molecule has 0 aliphatic heterocycles. The molecule has 0 unspecified atom stereocenters. The standard InChI is InChI=1S/C11H20O2/c1-11(2,3)8-5-6-9(12)10(7-8)13-4/h8,10H,5-7H2,1-4H3/t8-,10+/m0/s1. The summed E-state index contributed by atoms with van der Waals surface area (Å²) in [7, 11) is 1.63.